The maximum atomic E-state index is 12.9. The van der Waals surface area contributed by atoms with E-state index >= 15 is 0 Å². The normalized spacial score (nSPS) is 26.9. The van der Waals surface area contributed by atoms with Gasteiger partial charge in [0.15, 0.2) is 0 Å². The van der Waals surface area contributed by atoms with E-state index in [1.807, 2.05) is 12.1 Å². The lowest BCUT2D eigenvalue weighted by molar-refractivity contribution is 0.0346. The molecule has 1 fully saturated rings. The van der Waals surface area contributed by atoms with Gasteiger partial charge in [0.1, 0.15) is 5.82 Å². The minimum absolute atomic E-state index is 0.0568. The summed E-state index contributed by atoms with van der Waals surface area (Å²) >= 11 is 0. The molecule has 2 nitrogen and oxygen atoms in total. The molecule has 0 unspecified atom stereocenters. The summed E-state index contributed by atoms with van der Waals surface area (Å²) in [5, 5.41) is 9.80. The van der Waals surface area contributed by atoms with Gasteiger partial charge in [-0.05, 0) is 43.5 Å². The van der Waals surface area contributed by atoms with Gasteiger partial charge in [-0.1, -0.05) is 31.9 Å². The Morgan fingerprint density at radius 2 is 1.85 bits per heavy atom. The molecular weight excluding hydrogens is 253 g/mol. The lowest BCUT2D eigenvalue weighted by Crippen LogP contribution is -2.40. The maximum Gasteiger partial charge on any atom is 0.123 e. The molecule has 0 atom stereocenters. The Hall–Kier alpha value is -0.930. The van der Waals surface area contributed by atoms with Gasteiger partial charge in [-0.25, -0.2) is 4.39 Å². The Balaban J connectivity index is 1.92. The van der Waals surface area contributed by atoms with E-state index in [1.54, 1.807) is 0 Å². The van der Waals surface area contributed by atoms with E-state index in [-0.39, 0.29) is 17.8 Å². The quantitative estimate of drug-likeness (QED) is 0.892. The number of aliphatic hydroxyl groups is 1. The first kappa shape index (κ1) is 15.5. The van der Waals surface area contributed by atoms with Crippen LogP contribution in [-0.2, 0) is 6.54 Å². The van der Waals surface area contributed by atoms with Gasteiger partial charge in [0.25, 0.3) is 0 Å². The molecule has 20 heavy (non-hydrogen) atoms. The van der Waals surface area contributed by atoms with Crippen molar-refractivity contribution in [2.75, 3.05) is 20.2 Å². The zero-order valence-corrected chi connectivity index (χ0v) is 12.6. The number of hydrogen-bond donors (Lipinski definition) is 1. The summed E-state index contributed by atoms with van der Waals surface area (Å²) in [6, 6.07) is 6.68. The lowest BCUT2D eigenvalue weighted by Gasteiger charge is -2.40. The van der Waals surface area contributed by atoms with Crippen LogP contribution >= 0.6 is 0 Å². The molecule has 0 aliphatic heterocycles. The SMILES string of the molecule is CC1CCC(CO)(CN(C)Cc2ccc(F)cc2)CC1. The molecule has 1 aliphatic carbocycles. The number of benzene rings is 1. The Bertz CT molecular complexity index is 410. The van der Waals surface area contributed by atoms with Gasteiger partial charge in [0.05, 0.1) is 0 Å². The van der Waals surface area contributed by atoms with Crippen LogP contribution in [0.5, 0.6) is 0 Å². The Kier molecular flexibility index (Phi) is 5.17. The zero-order valence-electron chi connectivity index (χ0n) is 12.6. The van der Waals surface area contributed by atoms with Crippen molar-refractivity contribution in [3.63, 3.8) is 0 Å². The van der Waals surface area contributed by atoms with Gasteiger partial charge in [0, 0.05) is 25.1 Å². The van der Waals surface area contributed by atoms with E-state index in [4.69, 9.17) is 0 Å². The molecule has 0 saturated heterocycles. The maximum absolute atomic E-state index is 12.9. The summed E-state index contributed by atoms with van der Waals surface area (Å²) in [5.41, 5.74) is 1.17. The van der Waals surface area contributed by atoms with Crippen LogP contribution in [0.3, 0.4) is 0 Å². The number of rotatable bonds is 5. The zero-order chi connectivity index (χ0) is 14.6. The average molecular weight is 279 g/mol. The monoisotopic (exact) mass is 279 g/mol. The summed E-state index contributed by atoms with van der Waals surface area (Å²) in [7, 11) is 2.08. The standard InChI is InChI=1S/C17H26FNO/c1-14-7-9-17(13-20,10-8-14)12-19(2)11-15-3-5-16(18)6-4-15/h3-6,14,20H,7-13H2,1-2H3. The van der Waals surface area contributed by atoms with E-state index < -0.39 is 0 Å². The second kappa shape index (κ2) is 6.68. The molecule has 1 aromatic rings. The summed E-state index contributed by atoms with van der Waals surface area (Å²) in [6.45, 7) is 4.28. The fraction of sp³-hybridized carbons (Fsp3) is 0.647. The Labute approximate surface area is 121 Å². The molecule has 0 heterocycles. The largest absolute Gasteiger partial charge is 0.396 e. The van der Waals surface area contributed by atoms with Crippen LogP contribution in [0.4, 0.5) is 4.39 Å². The fourth-order valence-electron chi connectivity index (χ4n) is 3.27. The van der Waals surface area contributed by atoms with E-state index in [2.05, 4.69) is 18.9 Å². The summed E-state index contributed by atoms with van der Waals surface area (Å²) < 4.78 is 12.9. The molecule has 3 heteroatoms. The smallest absolute Gasteiger partial charge is 0.123 e. The highest BCUT2D eigenvalue weighted by molar-refractivity contribution is 5.15. The predicted molar refractivity (Wildman–Crippen MR) is 79.9 cm³/mol. The summed E-state index contributed by atoms with van der Waals surface area (Å²) in [6.07, 6.45) is 4.65. The van der Waals surface area contributed by atoms with Crippen molar-refractivity contribution >= 4 is 0 Å². The predicted octanol–water partition coefficient (Wildman–Crippen LogP) is 3.45. The van der Waals surface area contributed by atoms with Gasteiger partial charge in [0.2, 0.25) is 0 Å². The van der Waals surface area contributed by atoms with E-state index in [0.29, 0.717) is 0 Å². The van der Waals surface area contributed by atoms with Crippen molar-refractivity contribution < 1.29 is 9.50 Å². The van der Waals surface area contributed by atoms with Crippen molar-refractivity contribution in [3.8, 4) is 0 Å². The fourth-order valence-corrected chi connectivity index (χ4v) is 3.27. The molecule has 112 valence electrons. The van der Waals surface area contributed by atoms with Gasteiger partial charge in [-0.2, -0.15) is 0 Å². The minimum atomic E-state index is -0.190. The van der Waals surface area contributed by atoms with Crippen LogP contribution in [0.25, 0.3) is 0 Å². The second-order valence-corrected chi connectivity index (χ2v) is 6.64. The van der Waals surface area contributed by atoms with Crippen LogP contribution in [-0.4, -0.2) is 30.2 Å². The van der Waals surface area contributed by atoms with Crippen LogP contribution in [0, 0.1) is 17.2 Å². The van der Waals surface area contributed by atoms with Crippen molar-refractivity contribution in [2.45, 2.75) is 39.2 Å². The molecule has 1 aromatic carbocycles. The van der Waals surface area contributed by atoms with E-state index in [9.17, 15) is 9.50 Å². The number of hydrogen-bond acceptors (Lipinski definition) is 2. The minimum Gasteiger partial charge on any atom is -0.396 e. The molecule has 1 N–H and O–H groups in total. The lowest BCUT2D eigenvalue weighted by atomic mass is 9.71. The topological polar surface area (TPSA) is 23.5 Å². The molecule has 2 rings (SSSR count). The number of aliphatic hydroxyl groups excluding tert-OH is 1. The third-order valence-electron chi connectivity index (χ3n) is 4.64. The molecule has 0 radical (unpaired) electrons. The van der Waals surface area contributed by atoms with Gasteiger partial charge in [-0.15, -0.1) is 0 Å². The van der Waals surface area contributed by atoms with Crippen LogP contribution in [0.15, 0.2) is 24.3 Å². The first-order valence-corrected chi connectivity index (χ1v) is 7.57. The number of halogens is 1. The molecule has 1 aliphatic rings. The van der Waals surface area contributed by atoms with Crippen molar-refractivity contribution in [2.24, 2.45) is 11.3 Å². The third kappa shape index (κ3) is 4.03. The molecular formula is C17H26FNO. The second-order valence-electron chi connectivity index (χ2n) is 6.64. The van der Waals surface area contributed by atoms with Crippen molar-refractivity contribution in [1.29, 1.82) is 0 Å². The molecule has 0 spiro atoms. The Morgan fingerprint density at radius 1 is 1.25 bits per heavy atom. The highest BCUT2D eigenvalue weighted by atomic mass is 19.1. The average Bonchev–Trinajstić information content (AvgIpc) is 2.44. The van der Waals surface area contributed by atoms with Crippen LogP contribution in [0.2, 0.25) is 0 Å². The first-order chi connectivity index (χ1) is 9.53. The molecule has 0 aromatic heterocycles. The third-order valence-corrected chi connectivity index (χ3v) is 4.64. The molecule has 0 amide bonds. The van der Waals surface area contributed by atoms with Crippen LogP contribution in [0.1, 0.15) is 38.2 Å². The highest BCUT2D eigenvalue weighted by Crippen LogP contribution is 2.39. The summed E-state index contributed by atoms with van der Waals surface area (Å²) in [5.74, 6) is 0.599. The van der Waals surface area contributed by atoms with Gasteiger partial charge >= 0.3 is 0 Å². The van der Waals surface area contributed by atoms with Gasteiger partial charge < -0.3 is 10.0 Å². The summed E-state index contributed by atoms with van der Waals surface area (Å²) in [4.78, 5) is 2.25. The molecule has 1 saturated carbocycles. The van der Waals surface area contributed by atoms with E-state index in [1.165, 1.54) is 25.0 Å². The van der Waals surface area contributed by atoms with Crippen molar-refractivity contribution in [3.05, 3.63) is 35.6 Å². The van der Waals surface area contributed by atoms with Crippen LogP contribution < -0.4 is 0 Å². The number of nitrogens with zero attached hydrogens (tertiary/aromatic N) is 1. The van der Waals surface area contributed by atoms with Crippen molar-refractivity contribution in [1.82, 2.24) is 4.90 Å². The van der Waals surface area contributed by atoms with E-state index in [0.717, 1.165) is 37.4 Å². The Morgan fingerprint density at radius 3 is 2.40 bits per heavy atom. The first-order valence-electron chi connectivity index (χ1n) is 7.57. The molecule has 0 bridgehead atoms. The van der Waals surface area contributed by atoms with Gasteiger partial charge in [-0.3, -0.25) is 0 Å². The highest BCUT2D eigenvalue weighted by Gasteiger charge is 2.34.